The van der Waals surface area contributed by atoms with Crippen molar-refractivity contribution in [2.75, 3.05) is 26.0 Å². The van der Waals surface area contributed by atoms with Gasteiger partial charge >= 0.3 is 0 Å². The highest BCUT2D eigenvalue weighted by molar-refractivity contribution is 7.86. The third-order valence-corrected chi connectivity index (χ3v) is 2.73. The predicted molar refractivity (Wildman–Crippen MR) is 48.6 cm³/mol. The van der Waals surface area contributed by atoms with Gasteiger partial charge in [0.25, 0.3) is 10.1 Å². The average molecular weight is 195 g/mol. The lowest BCUT2D eigenvalue weighted by Gasteiger charge is -2.02. The van der Waals surface area contributed by atoms with Gasteiger partial charge in [-0.15, -0.1) is 0 Å². The van der Waals surface area contributed by atoms with Crippen LogP contribution in [0.25, 0.3) is 0 Å². The van der Waals surface area contributed by atoms with Crippen molar-refractivity contribution in [3.05, 3.63) is 0 Å². The molecule has 4 nitrogen and oxygen atoms in total. The van der Waals surface area contributed by atoms with Crippen LogP contribution in [0.3, 0.4) is 0 Å². The van der Waals surface area contributed by atoms with Gasteiger partial charge in [0.1, 0.15) is 0 Å². The zero-order chi connectivity index (χ0) is 9.45. The number of hydrogen-bond donors (Lipinski definition) is 1. The molecule has 0 saturated carbocycles. The van der Waals surface area contributed by atoms with Crippen molar-refractivity contribution >= 4 is 10.1 Å². The summed E-state index contributed by atoms with van der Waals surface area (Å²) in [4.78, 5) is 0. The third kappa shape index (κ3) is 6.57. The van der Waals surface area contributed by atoms with Gasteiger partial charge in [0.15, 0.2) is 0 Å². The first-order valence-corrected chi connectivity index (χ1v) is 5.69. The molecule has 0 heterocycles. The minimum atomic E-state index is -3.25. The molecule has 0 bridgehead atoms. The fraction of sp³-hybridized carbons (Fsp3) is 1.00. The molecule has 0 unspecified atom stereocenters. The molecule has 0 rings (SSSR count). The summed E-state index contributed by atoms with van der Waals surface area (Å²) < 4.78 is 25.9. The zero-order valence-electron chi connectivity index (χ0n) is 7.67. The smallest absolute Gasteiger partial charge is 0.267 e. The number of rotatable bonds is 7. The van der Waals surface area contributed by atoms with Gasteiger partial charge in [0.2, 0.25) is 0 Å². The Morgan fingerprint density at radius 2 is 2.00 bits per heavy atom. The molecule has 1 N–H and O–H groups in total. The largest absolute Gasteiger partial charge is 0.317 e. The molecule has 0 fully saturated rings. The highest BCUT2D eigenvalue weighted by Gasteiger charge is 2.06. The molecule has 0 aliphatic carbocycles. The molecule has 0 amide bonds. The summed E-state index contributed by atoms with van der Waals surface area (Å²) in [6.07, 6.45) is 1.67. The number of nitrogens with one attached hydrogen (secondary N) is 1. The first kappa shape index (κ1) is 11.9. The average Bonchev–Trinajstić information content (AvgIpc) is 2.04. The van der Waals surface area contributed by atoms with E-state index in [1.165, 1.54) is 7.11 Å². The molecule has 0 aliphatic heterocycles. The summed E-state index contributed by atoms with van der Waals surface area (Å²) in [5, 5.41) is 3.11. The van der Waals surface area contributed by atoms with E-state index in [1.807, 2.05) is 0 Å². The Labute approximate surface area is 74.4 Å². The SMILES string of the molecule is CCCNCCCS(=O)(=O)OC. The fourth-order valence-corrected chi connectivity index (χ4v) is 1.42. The van der Waals surface area contributed by atoms with E-state index in [1.54, 1.807) is 0 Å². The summed E-state index contributed by atoms with van der Waals surface area (Å²) in [7, 11) is -2.06. The van der Waals surface area contributed by atoms with E-state index in [9.17, 15) is 8.42 Å². The molecule has 0 aromatic rings. The van der Waals surface area contributed by atoms with E-state index >= 15 is 0 Å². The van der Waals surface area contributed by atoms with Crippen molar-refractivity contribution < 1.29 is 12.6 Å². The van der Waals surface area contributed by atoms with Crippen molar-refractivity contribution in [1.29, 1.82) is 0 Å². The monoisotopic (exact) mass is 195 g/mol. The highest BCUT2D eigenvalue weighted by Crippen LogP contribution is 1.92. The maximum atomic E-state index is 10.8. The molecule has 0 saturated heterocycles. The Morgan fingerprint density at radius 1 is 1.33 bits per heavy atom. The third-order valence-electron chi connectivity index (χ3n) is 1.43. The lowest BCUT2D eigenvalue weighted by molar-refractivity contribution is 0.396. The first-order valence-electron chi connectivity index (χ1n) is 4.11. The molecule has 12 heavy (non-hydrogen) atoms. The van der Waals surface area contributed by atoms with E-state index < -0.39 is 10.1 Å². The second-order valence-electron chi connectivity index (χ2n) is 2.53. The van der Waals surface area contributed by atoms with Crippen LogP contribution in [0.5, 0.6) is 0 Å². The van der Waals surface area contributed by atoms with Crippen LogP contribution in [0.1, 0.15) is 19.8 Å². The van der Waals surface area contributed by atoms with Crippen LogP contribution in [0.2, 0.25) is 0 Å². The lowest BCUT2D eigenvalue weighted by Crippen LogP contribution is -2.19. The Balaban J connectivity index is 3.32. The molecular formula is C7H17NO3S. The molecule has 0 atom stereocenters. The summed E-state index contributed by atoms with van der Waals surface area (Å²) in [6.45, 7) is 3.74. The van der Waals surface area contributed by atoms with E-state index in [0.29, 0.717) is 6.42 Å². The van der Waals surface area contributed by atoms with Gasteiger partial charge < -0.3 is 5.32 Å². The van der Waals surface area contributed by atoms with E-state index in [4.69, 9.17) is 0 Å². The zero-order valence-corrected chi connectivity index (χ0v) is 8.49. The number of hydrogen-bond acceptors (Lipinski definition) is 4. The van der Waals surface area contributed by atoms with Crippen LogP contribution in [0, 0.1) is 0 Å². The second kappa shape index (κ2) is 6.39. The Hall–Kier alpha value is -0.130. The van der Waals surface area contributed by atoms with Gasteiger partial charge in [-0.25, -0.2) is 0 Å². The van der Waals surface area contributed by atoms with Gasteiger partial charge in [-0.2, -0.15) is 8.42 Å². The van der Waals surface area contributed by atoms with Crippen molar-refractivity contribution in [1.82, 2.24) is 5.32 Å². The van der Waals surface area contributed by atoms with Crippen molar-refractivity contribution in [3.63, 3.8) is 0 Å². The lowest BCUT2D eigenvalue weighted by atomic mass is 10.4. The molecule has 74 valence electrons. The standard InChI is InChI=1S/C7H17NO3S/c1-3-5-8-6-4-7-12(9,10)11-2/h8H,3-7H2,1-2H3. The van der Waals surface area contributed by atoms with Crippen LogP contribution in [-0.2, 0) is 14.3 Å². The first-order chi connectivity index (χ1) is 5.62. The van der Waals surface area contributed by atoms with E-state index in [2.05, 4.69) is 16.4 Å². The van der Waals surface area contributed by atoms with Gasteiger partial charge in [-0.05, 0) is 25.9 Å². The normalized spacial score (nSPS) is 11.8. The van der Waals surface area contributed by atoms with Crippen LogP contribution in [-0.4, -0.2) is 34.4 Å². The van der Waals surface area contributed by atoms with Gasteiger partial charge in [-0.3, -0.25) is 4.18 Å². The fourth-order valence-electron chi connectivity index (χ4n) is 0.759. The Morgan fingerprint density at radius 3 is 2.50 bits per heavy atom. The maximum absolute atomic E-state index is 10.8. The summed E-state index contributed by atoms with van der Waals surface area (Å²) in [5.41, 5.74) is 0. The molecule has 0 aliphatic rings. The highest BCUT2D eigenvalue weighted by atomic mass is 32.2. The molecule has 0 spiro atoms. The van der Waals surface area contributed by atoms with Crippen molar-refractivity contribution in [2.24, 2.45) is 0 Å². The molecule has 0 aromatic carbocycles. The second-order valence-corrected chi connectivity index (χ2v) is 4.39. The topological polar surface area (TPSA) is 55.4 Å². The summed E-state index contributed by atoms with van der Waals surface area (Å²) in [6, 6.07) is 0. The Kier molecular flexibility index (Phi) is 6.32. The summed E-state index contributed by atoms with van der Waals surface area (Å²) in [5.74, 6) is 0.0974. The van der Waals surface area contributed by atoms with Crippen molar-refractivity contribution in [3.8, 4) is 0 Å². The van der Waals surface area contributed by atoms with Crippen LogP contribution in [0.4, 0.5) is 0 Å². The van der Waals surface area contributed by atoms with Crippen molar-refractivity contribution in [2.45, 2.75) is 19.8 Å². The molecular weight excluding hydrogens is 178 g/mol. The van der Waals surface area contributed by atoms with Crippen LogP contribution < -0.4 is 5.32 Å². The van der Waals surface area contributed by atoms with Gasteiger partial charge in [0.05, 0.1) is 12.9 Å². The molecule has 0 radical (unpaired) electrons. The quantitative estimate of drug-likeness (QED) is 0.470. The van der Waals surface area contributed by atoms with E-state index in [0.717, 1.165) is 19.5 Å². The minimum Gasteiger partial charge on any atom is -0.317 e. The molecule has 5 heteroatoms. The van der Waals surface area contributed by atoms with Gasteiger partial charge in [-0.1, -0.05) is 6.92 Å². The minimum absolute atomic E-state index is 0.0974. The summed E-state index contributed by atoms with van der Waals surface area (Å²) >= 11 is 0. The maximum Gasteiger partial charge on any atom is 0.267 e. The van der Waals surface area contributed by atoms with Crippen LogP contribution in [0.15, 0.2) is 0 Å². The van der Waals surface area contributed by atoms with Crippen LogP contribution >= 0.6 is 0 Å². The molecule has 0 aromatic heterocycles. The van der Waals surface area contributed by atoms with Gasteiger partial charge in [0, 0.05) is 0 Å². The van der Waals surface area contributed by atoms with E-state index in [-0.39, 0.29) is 5.75 Å². The Bertz CT molecular complexity index is 189. The predicted octanol–water partition coefficient (Wildman–Crippen LogP) is 0.352.